The van der Waals surface area contributed by atoms with E-state index in [1.165, 1.54) is 225 Å². The molecule has 68 heavy (non-hydrogen) atoms. The maximum atomic E-state index is 12.9. The molecule has 404 valence electrons. The molecule has 6 nitrogen and oxygen atoms in total. The summed E-state index contributed by atoms with van der Waals surface area (Å²) in [4.78, 5) is 38.2. The van der Waals surface area contributed by atoms with Crippen molar-refractivity contribution in [1.29, 1.82) is 0 Å². The van der Waals surface area contributed by atoms with E-state index in [9.17, 15) is 14.4 Å². The molecular formula is C62H120O6. The monoisotopic (exact) mass is 961 g/mol. The fourth-order valence-corrected chi connectivity index (χ4v) is 9.53. The number of hydrogen-bond donors (Lipinski definition) is 0. The second-order valence-electron chi connectivity index (χ2n) is 22.8. The van der Waals surface area contributed by atoms with Crippen molar-refractivity contribution in [1.82, 2.24) is 0 Å². The first-order chi connectivity index (χ1) is 33.1. The Morgan fingerprint density at radius 3 is 0.632 bits per heavy atom. The molecule has 0 bridgehead atoms. The van der Waals surface area contributed by atoms with Gasteiger partial charge in [0.2, 0.25) is 0 Å². The van der Waals surface area contributed by atoms with Gasteiger partial charge in [0.1, 0.15) is 13.2 Å². The quantitative estimate of drug-likeness (QED) is 0.0343. The number of carbonyl (C=O) groups excluding carboxylic acids is 3. The lowest BCUT2D eigenvalue weighted by Crippen LogP contribution is -2.30. The van der Waals surface area contributed by atoms with Gasteiger partial charge in [0.25, 0.3) is 0 Å². The van der Waals surface area contributed by atoms with Crippen LogP contribution in [0.3, 0.4) is 0 Å². The highest BCUT2D eigenvalue weighted by Gasteiger charge is 2.19. The molecule has 0 aliphatic carbocycles. The number of ether oxygens (including phenoxy) is 3. The van der Waals surface area contributed by atoms with Crippen LogP contribution in [0.1, 0.15) is 343 Å². The van der Waals surface area contributed by atoms with E-state index >= 15 is 0 Å². The van der Waals surface area contributed by atoms with Crippen molar-refractivity contribution in [2.24, 2.45) is 17.8 Å². The van der Waals surface area contributed by atoms with Gasteiger partial charge >= 0.3 is 17.9 Å². The third-order valence-electron chi connectivity index (χ3n) is 14.1. The fraction of sp³-hybridized carbons (Fsp3) is 0.952. The minimum Gasteiger partial charge on any atom is -0.462 e. The van der Waals surface area contributed by atoms with Crippen LogP contribution in [0.5, 0.6) is 0 Å². The highest BCUT2D eigenvalue weighted by Crippen LogP contribution is 2.19. The fourth-order valence-electron chi connectivity index (χ4n) is 9.53. The van der Waals surface area contributed by atoms with Gasteiger partial charge in [-0.2, -0.15) is 0 Å². The van der Waals surface area contributed by atoms with Gasteiger partial charge < -0.3 is 14.2 Å². The molecule has 0 radical (unpaired) electrons. The molecule has 0 aromatic carbocycles. The summed E-state index contributed by atoms with van der Waals surface area (Å²) in [5.74, 6) is 1.67. The van der Waals surface area contributed by atoms with Gasteiger partial charge in [0, 0.05) is 19.3 Å². The molecule has 0 unspecified atom stereocenters. The highest BCUT2D eigenvalue weighted by atomic mass is 16.6. The Bertz CT molecular complexity index is 1050. The molecule has 0 amide bonds. The SMILES string of the molecule is CC(C)CCCCCCCCCCCCCCCCCCC(=O)OC[C@@H](COC(=O)CCCCCCCCCCCC(C)C)OC(=O)CCCCCCCCCCCCCCCCCCC(C)C. The maximum absolute atomic E-state index is 12.9. The summed E-state index contributed by atoms with van der Waals surface area (Å²) in [6.07, 6.45) is 56.8. The van der Waals surface area contributed by atoms with Crippen LogP contribution in [0.25, 0.3) is 0 Å². The van der Waals surface area contributed by atoms with Crippen LogP contribution in [0.2, 0.25) is 0 Å². The lowest BCUT2D eigenvalue weighted by molar-refractivity contribution is -0.167. The lowest BCUT2D eigenvalue weighted by atomic mass is 10.0. The van der Waals surface area contributed by atoms with E-state index in [4.69, 9.17) is 14.2 Å². The second kappa shape index (κ2) is 53.2. The zero-order valence-electron chi connectivity index (χ0n) is 46.9. The van der Waals surface area contributed by atoms with Gasteiger partial charge in [-0.25, -0.2) is 0 Å². The van der Waals surface area contributed by atoms with Crippen molar-refractivity contribution < 1.29 is 28.6 Å². The Kier molecular flexibility index (Phi) is 52.0. The number of unbranched alkanes of at least 4 members (excludes halogenated alkanes) is 38. The van der Waals surface area contributed by atoms with Crippen molar-refractivity contribution in [3.8, 4) is 0 Å². The smallest absolute Gasteiger partial charge is 0.306 e. The van der Waals surface area contributed by atoms with Crippen molar-refractivity contribution in [3.63, 3.8) is 0 Å². The largest absolute Gasteiger partial charge is 0.462 e. The molecule has 0 aliphatic heterocycles. The van der Waals surface area contributed by atoms with Gasteiger partial charge in [0.15, 0.2) is 6.10 Å². The summed E-state index contributed by atoms with van der Waals surface area (Å²) in [6, 6.07) is 0. The third-order valence-corrected chi connectivity index (χ3v) is 14.1. The third kappa shape index (κ3) is 55.3. The minimum absolute atomic E-state index is 0.0632. The van der Waals surface area contributed by atoms with Gasteiger partial charge in [-0.05, 0) is 37.0 Å². The minimum atomic E-state index is -0.764. The Morgan fingerprint density at radius 1 is 0.250 bits per heavy atom. The van der Waals surface area contributed by atoms with Crippen molar-refractivity contribution >= 4 is 17.9 Å². The van der Waals surface area contributed by atoms with Gasteiger partial charge in [-0.15, -0.1) is 0 Å². The molecule has 0 aliphatic rings. The van der Waals surface area contributed by atoms with E-state index in [1.807, 2.05) is 0 Å². The van der Waals surface area contributed by atoms with Gasteiger partial charge in [-0.3, -0.25) is 14.4 Å². The van der Waals surface area contributed by atoms with Gasteiger partial charge in [0.05, 0.1) is 0 Å². The standard InChI is InChI=1S/C62H120O6/c1-56(2)48-42-36-30-24-19-15-11-7-9-13-17-21-27-33-39-45-51-60(63)66-54-59(55-67-61(64)52-46-40-34-29-23-26-32-38-44-50-58(5)6)68-62(65)53-47-41-35-28-22-18-14-10-8-12-16-20-25-31-37-43-49-57(3)4/h56-59H,7-55H2,1-6H3/t59-/m0/s1. The van der Waals surface area contributed by atoms with Crippen LogP contribution < -0.4 is 0 Å². The van der Waals surface area contributed by atoms with Crippen molar-refractivity contribution in [2.45, 2.75) is 349 Å². The topological polar surface area (TPSA) is 78.9 Å². The molecular weight excluding hydrogens is 841 g/mol. The lowest BCUT2D eigenvalue weighted by Gasteiger charge is -2.18. The average Bonchev–Trinajstić information content (AvgIpc) is 3.30. The van der Waals surface area contributed by atoms with Crippen LogP contribution in [0.15, 0.2) is 0 Å². The first-order valence-electron chi connectivity index (χ1n) is 30.6. The molecule has 0 rings (SSSR count). The Morgan fingerprint density at radius 2 is 0.426 bits per heavy atom. The first kappa shape index (κ1) is 66.4. The molecule has 0 saturated carbocycles. The normalized spacial score (nSPS) is 12.1. The molecule has 0 fully saturated rings. The van der Waals surface area contributed by atoms with Crippen LogP contribution in [0.4, 0.5) is 0 Å². The van der Waals surface area contributed by atoms with E-state index in [0.717, 1.165) is 75.5 Å². The number of hydrogen-bond acceptors (Lipinski definition) is 6. The highest BCUT2D eigenvalue weighted by molar-refractivity contribution is 5.71. The predicted octanol–water partition coefficient (Wildman–Crippen LogP) is 20.3. The second-order valence-corrected chi connectivity index (χ2v) is 22.8. The van der Waals surface area contributed by atoms with E-state index in [2.05, 4.69) is 41.5 Å². The molecule has 0 N–H and O–H groups in total. The maximum Gasteiger partial charge on any atom is 0.306 e. The summed E-state index contributed by atoms with van der Waals surface area (Å²) in [7, 11) is 0. The average molecular weight is 962 g/mol. The Hall–Kier alpha value is -1.59. The van der Waals surface area contributed by atoms with Gasteiger partial charge in [-0.1, -0.05) is 305 Å². The number of rotatable bonds is 55. The van der Waals surface area contributed by atoms with E-state index in [-0.39, 0.29) is 31.1 Å². The number of carbonyl (C=O) groups is 3. The molecule has 0 aromatic heterocycles. The zero-order valence-corrected chi connectivity index (χ0v) is 46.9. The molecule has 0 spiro atoms. The van der Waals surface area contributed by atoms with E-state index < -0.39 is 6.10 Å². The summed E-state index contributed by atoms with van der Waals surface area (Å²) >= 11 is 0. The van der Waals surface area contributed by atoms with Crippen LogP contribution >= 0.6 is 0 Å². The van der Waals surface area contributed by atoms with Crippen LogP contribution in [-0.4, -0.2) is 37.2 Å². The van der Waals surface area contributed by atoms with Crippen molar-refractivity contribution in [2.75, 3.05) is 13.2 Å². The summed E-state index contributed by atoms with van der Waals surface area (Å²) in [5, 5.41) is 0. The Balaban J connectivity index is 4.26. The molecule has 0 saturated heterocycles. The first-order valence-corrected chi connectivity index (χ1v) is 30.6. The molecule has 6 heteroatoms. The van der Waals surface area contributed by atoms with Crippen molar-refractivity contribution in [3.05, 3.63) is 0 Å². The zero-order chi connectivity index (χ0) is 49.8. The van der Waals surface area contributed by atoms with E-state index in [1.54, 1.807) is 0 Å². The molecule has 0 heterocycles. The number of esters is 3. The van der Waals surface area contributed by atoms with Crippen LogP contribution in [-0.2, 0) is 28.6 Å². The van der Waals surface area contributed by atoms with E-state index in [0.29, 0.717) is 19.3 Å². The predicted molar refractivity (Wildman–Crippen MR) is 293 cm³/mol. The molecule has 0 aromatic rings. The summed E-state index contributed by atoms with van der Waals surface area (Å²) < 4.78 is 16.9. The summed E-state index contributed by atoms with van der Waals surface area (Å²) in [5.41, 5.74) is 0. The van der Waals surface area contributed by atoms with Crippen LogP contribution in [0, 0.1) is 17.8 Å². The summed E-state index contributed by atoms with van der Waals surface area (Å²) in [6.45, 7) is 13.8. The molecule has 1 atom stereocenters. The Labute approximate surface area is 425 Å².